The van der Waals surface area contributed by atoms with Gasteiger partial charge in [-0.3, -0.25) is 4.79 Å². The molecule has 0 aromatic heterocycles. The summed E-state index contributed by atoms with van der Waals surface area (Å²) in [5.74, 6) is 0.0858. The molecule has 2 fully saturated rings. The van der Waals surface area contributed by atoms with E-state index in [4.69, 9.17) is 0 Å². The van der Waals surface area contributed by atoms with E-state index in [1.54, 1.807) is 0 Å². The molecule has 0 spiro atoms. The van der Waals surface area contributed by atoms with Gasteiger partial charge < -0.3 is 0 Å². The molecule has 5 heteroatoms. The van der Waals surface area contributed by atoms with E-state index in [1.807, 2.05) is 44.2 Å². The van der Waals surface area contributed by atoms with E-state index in [0.29, 0.717) is 12.8 Å². The predicted molar refractivity (Wildman–Crippen MR) is 81.1 cm³/mol. The minimum absolute atomic E-state index is 0.107. The summed E-state index contributed by atoms with van der Waals surface area (Å²) in [6.07, 6.45) is 1.68. The van der Waals surface area contributed by atoms with Gasteiger partial charge in [-0.15, -0.1) is 0 Å². The summed E-state index contributed by atoms with van der Waals surface area (Å²) in [5, 5.41) is 0. The lowest BCUT2D eigenvalue weighted by atomic mass is 9.81. The van der Waals surface area contributed by atoms with Crippen LogP contribution in [0.25, 0.3) is 0 Å². The molecule has 0 heterocycles. The Hall–Kier alpha value is -1.20. The van der Waals surface area contributed by atoms with Crippen molar-refractivity contribution in [1.82, 2.24) is 4.72 Å². The minimum atomic E-state index is -3.68. The Balaban J connectivity index is 1.89. The molecule has 4 nitrogen and oxygen atoms in total. The highest BCUT2D eigenvalue weighted by Gasteiger charge is 2.70. The molecule has 2 atom stereocenters. The van der Waals surface area contributed by atoms with Crippen molar-refractivity contribution in [2.24, 2.45) is 11.3 Å². The first kappa shape index (κ1) is 14.7. The first-order valence-corrected chi connectivity index (χ1v) is 8.86. The summed E-state index contributed by atoms with van der Waals surface area (Å²) in [4.78, 5) is 12.4. The summed E-state index contributed by atoms with van der Waals surface area (Å²) in [7, 11) is -3.68. The third-order valence-electron chi connectivity index (χ3n) is 5.56. The quantitative estimate of drug-likeness (QED) is 0.928. The topological polar surface area (TPSA) is 63.2 Å². The average Bonchev–Trinajstić information content (AvgIpc) is 2.82. The van der Waals surface area contributed by atoms with Crippen LogP contribution < -0.4 is 4.72 Å². The molecule has 3 rings (SSSR count). The number of carbonyl (C=O) groups is 1. The Kier molecular flexibility index (Phi) is 3.26. The lowest BCUT2D eigenvalue weighted by Crippen LogP contribution is -2.55. The number of nitrogens with one attached hydrogen (secondary N) is 1. The number of hydrogen-bond acceptors (Lipinski definition) is 3. The number of hydrogen-bond donors (Lipinski definition) is 1. The highest BCUT2D eigenvalue weighted by molar-refractivity contribution is 7.91. The third-order valence-corrected chi connectivity index (χ3v) is 7.96. The van der Waals surface area contributed by atoms with E-state index in [0.717, 1.165) is 12.0 Å². The molecule has 0 radical (unpaired) electrons. The number of sulfonamides is 1. The number of Topliss-reactive ketones (excluding diaryl/α,β-unsaturated/α-hetero) is 1. The molecule has 0 saturated heterocycles. The molecule has 2 bridgehead atoms. The van der Waals surface area contributed by atoms with Crippen LogP contribution in [0.3, 0.4) is 0 Å². The summed E-state index contributed by atoms with van der Waals surface area (Å²) >= 11 is 0. The predicted octanol–water partition coefficient (Wildman–Crippen LogP) is 2.25. The van der Waals surface area contributed by atoms with Gasteiger partial charge in [-0.25, -0.2) is 13.1 Å². The van der Waals surface area contributed by atoms with Crippen molar-refractivity contribution in [3.8, 4) is 0 Å². The van der Waals surface area contributed by atoms with Gasteiger partial charge in [0.15, 0.2) is 5.78 Å². The monoisotopic (exact) mass is 307 g/mol. The smallest absolute Gasteiger partial charge is 0.225 e. The van der Waals surface area contributed by atoms with Gasteiger partial charge in [0.1, 0.15) is 4.75 Å². The maximum Gasteiger partial charge on any atom is 0.225 e. The van der Waals surface area contributed by atoms with Gasteiger partial charge in [0, 0.05) is 13.0 Å². The second-order valence-electron chi connectivity index (χ2n) is 6.72. The maximum absolute atomic E-state index is 12.9. The molecule has 21 heavy (non-hydrogen) atoms. The van der Waals surface area contributed by atoms with Crippen LogP contribution in [-0.4, -0.2) is 18.9 Å². The zero-order valence-electron chi connectivity index (χ0n) is 12.4. The van der Waals surface area contributed by atoms with Crippen molar-refractivity contribution in [1.29, 1.82) is 0 Å². The van der Waals surface area contributed by atoms with Gasteiger partial charge in [-0.2, -0.15) is 0 Å². The molecule has 2 saturated carbocycles. The average molecular weight is 307 g/mol. The molecule has 1 aromatic rings. The number of ketones is 1. The fraction of sp³-hybridized carbons (Fsp3) is 0.562. The van der Waals surface area contributed by atoms with Gasteiger partial charge >= 0.3 is 0 Å². The Morgan fingerprint density at radius 1 is 1.24 bits per heavy atom. The standard InChI is InChI=1S/C16H21NO3S/c1-15(2)13-8-9-16(15,14(18)10-13)21(19,20)17-11-12-6-4-3-5-7-12/h3-7,13,17H,8-11H2,1-2H3/t13?,16-/m0/s1. The molecule has 2 aliphatic rings. The van der Waals surface area contributed by atoms with Gasteiger partial charge in [0.2, 0.25) is 10.0 Å². The van der Waals surface area contributed by atoms with Crippen LogP contribution in [0.2, 0.25) is 0 Å². The van der Waals surface area contributed by atoms with Crippen LogP contribution in [0.1, 0.15) is 38.7 Å². The third kappa shape index (κ3) is 1.90. The molecule has 1 unspecified atom stereocenters. The number of rotatable bonds is 4. The zero-order valence-corrected chi connectivity index (χ0v) is 13.2. The Bertz CT molecular complexity index is 666. The fourth-order valence-corrected chi connectivity index (χ4v) is 6.39. The van der Waals surface area contributed by atoms with E-state index in [1.165, 1.54) is 0 Å². The second kappa shape index (κ2) is 4.65. The van der Waals surface area contributed by atoms with Gasteiger partial charge in [-0.1, -0.05) is 44.2 Å². The van der Waals surface area contributed by atoms with Crippen LogP contribution >= 0.6 is 0 Å². The molecule has 114 valence electrons. The van der Waals surface area contributed by atoms with Crippen LogP contribution in [0.15, 0.2) is 30.3 Å². The van der Waals surface area contributed by atoms with Crippen molar-refractivity contribution in [3.63, 3.8) is 0 Å². The van der Waals surface area contributed by atoms with E-state index in [2.05, 4.69) is 4.72 Å². The molecule has 0 aliphatic heterocycles. The van der Waals surface area contributed by atoms with Crippen molar-refractivity contribution >= 4 is 15.8 Å². The number of carbonyl (C=O) groups excluding carboxylic acids is 1. The number of benzene rings is 1. The molecule has 0 amide bonds. The number of fused-ring (bicyclic) bond motifs is 2. The first-order valence-electron chi connectivity index (χ1n) is 7.38. The molecular formula is C16H21NO3S. The van der Waals surface area contributed by atoms with Crippen molar-refractivity contribution < 1.29 is 13.2 Å². The summed E-state index contributed by atoms with van der Waals surface area (Å²) in [5.41, 5.74) is 0.419. The summed E-state index contributed by atoms with van der Waals surface area (Å²) in [6.45, 7) is 4.09. The molecule has 1 aromatic carbocycles. The molecule has 2 aliphatic carbocycles. The van der Waals surface area contributed by atoms with Crippen molar-refractivity contribution in [3.05, 3.63) is 35.9 Å². The van der Waals surface area contributed by atoms with E-state index in [9.17, 15) is 13.2 Å². The Morgan fingerprint density at radius 2 is 1.90 bits per heavy atom. The molecular weight excluding hydrogens is 286 g/mol. The highest BCUT2D eigenvalue weighted by atomic mass is 32.2. The summed E-state index contributed by atoms with van der Waals surface area (Å²) in [6, 6.07) is 9.39. The van der Waals surface area contributed by atoms with E-state index < -0.39 is 20.2 Å². The maximum atomic E-state index is 12.9. The molecule has 1 N–H and O–H groups in total. The Morgan fingerprint density at radius 3 is 2.43 bits per heavy atom. The highest BCUT2D eigenvalue weighted by Crippen LogP contribution is 2.61. The van der Waals surface area contributed by atoms with Crippen LogP contribution in [0.5, 0.6) is 0 Å². The van der Waals surface area contributed by atoms with Gasteiger partial charge in [0.05, 0.1) is 0 Å². The van der Waals surface area contributed by atoms with Crippen LogP contribution in [0, 0.1) is 11.3 Å². The van der Waals surface area contributed by atoms with Crippen LogP contribution in [0.4, 0.5) is 0 Å². The van der Waals surface area contributed by atoms with Crippen LogP contribution in [-0.2, 0) is 21.4 Å². The van der Waals surface area contributed by atoms with Crippen molar-refractivity contribution in [2.45, 2.75) is 44.4 Å². The van der Waals surface area contributed by atoms with Gasteiger partial charge in [0.25, 0.3) is 0 Å². The normalized spacial score (nSPS) is 30.8. The lowest BCUT2D eigenvalue weighted by Gasteiger charge is -2.35. The largest absolute Gasteiger partial charge is 0.298 e. The second-order valence-corrected chi connectivity index (χ2v) is 8.71. The minimum Gasteiger partial charge on any atom is -0.298 e. The Labute approximate surface area is 126 Å². The fourth-order valence-electron chi connectivity index (χ4n) is 4.16. The lowest BCUT2D eigenvalue weighted by molar-refractivity contribution is -0.121. The van der Waals surface area contributed by atoms with Crippen molar-refractivity contribution in [2.75, 3.05) is 0 Å². The summed E-state index contributed by atoms with van der Waals surface area (Å²) < 4.78 is 27.2. The zero-order chi connectivity index (χ0) is 15.3. The van der Waals surface area contributed by atoms with E-state index in [-0.39, 0.29) is 18.2 Å². The van der Waals surface area contributed by atoms with Gasteiger partial charge in [-0.05, 0) is 29.7 Å². The SMILES string of the molecule is CC1(C)C2CC[C@]1(S(=O)(=O)NCc1ccccc1)C(=O)C2. The first-order chi connectivity index (χ1) is 9.81. The van der Waals surface area contributed by atoms with E-state index >= 15 is 0 Å².